The Balaban J connectivity index is 1.96. The third kappa shape index (κ3) is 2.63. The molecule has 0 N–H and O–H groups in total. The lowest BCUT2D eigenvalue weighted by Crippen LogP contribution is -2.41. The van der Waals surface area contributed by atoms with Crippen molar-refractivity contribution in [1.82, 2.24) is 4.90 Å². The van der Waals surface area contributed by atoms with Gasteiger partial charge in [0.25, 0.3) is 5.91 Å². The highest BCUT2D eigenvalue weighted by Gasteiger charge is 2.34. The number of amides is 1. The molecule has 0 bridgehead atoms. The van der Waals surface area contributed by atoms with E-state index in [-0.39, 0.29) is 29.7 Å². The Bertz CT molecular complexity index is 641. The molecule has 1 amide bonds. The van der Waals surface area contributed by atoms with Crippen molar-refractivity contribution in [2.24, 2.45) is 5.92 Å². The first-order chi connectivity index (χ1) is 10.6. The third-order valence-corrected chi connectivity index (χ3v) is 4.41. The zero-order chi connectivity index (χ0) is 15.7. The van der Waals surface area contributed by atoms with Crippen LogP contribution in [0.15, 0.2) is 24.3 Å². The summed E-state index contributed by atoms with van der Waals surface area (Å²) in [5.41, 5.74) is 1.07. The van der Waals surface area contributed by atoms with Gasteiger partial charge < -0.3 is 9.64 Å². The molecule has 0 spiro atoms. The Morgan fingerprint density at radius 2 is 2.18 bits per heavy atom. The second kappa shape index (κ2) is 5.91. The molecule has 1 unspecified atom stereocenters. The van der Waals surface area contributed by atoms with Crippen LogP contribution in [0.25, 0.3) is 6.08 Å². The van der Waals surface area contributed by atoms with Gasteiger partial charge in [0, 0.05) is 12.1 Å². The first-order valence-corrected chi connectivity index (χ1v) is 7.46. The Morgan fingerprint density at radius 3 is 2.95 bits per heavy atom. The van der Waals surface area contributed by atoms with Crippen molar-refractivity contribution in [3.05, 3.63) is 41.2 Å². The Hall–Kier alpha value is -2.17. The van der Waals surface area contributed by atoms with E-state index in [4.69, 9.17) is 4.74 Å². The molecule has 1 saturated heterocycles. The molecule has 2 heterocycles. The van der Waals surface area contributed by atoms with E-state index in [0.717, 1.165) is 19.3 Å². The minimum atomic E-state index is -0.360. The van der Waals surface area contributed by atoms with Crippen molar-refractivity contribution < 1.29 is 18.7 Å². The number of hydrogen-bond acceptors (Lipinski definition) is 3. The Morgan fingerprint density at radius 1 is 1.36 bits per heavy atom. The molecule has 0 aliphatic carbocycles. The normalized spacial score (nSPS) is 24.1. The average molecular weight is 303 g/mol. The predicted molar refractivity (Wildman–Crippen MR) is 79.6 cm³/mol. The summed E-state index contributed by atoms with van der Waals surface area (Å²) in [5, 5.41) is 0. The van der Waals surface area contributed by atoms with Gasteiger partial charge in [0.1, 0.15) is 5.82 Å². The van der Waals surface area contributed by atoms with Crippen LogP contribution in [0, 0.1) is 11.7 Å². The van der Waals surface area contributed by atoms with E-state index in [2.05, 4.69) is 0 Å². The highest BCUT2D eigenvalue weighted by molar-refractivity contribution is 5.99. The van der Waals surface area contributed by atoms with Crippen LogP contribution in [-0.4, -0.2) is 36.5 Å². The summed E-state index contributed by atoms with van der Waals surface area (Å²) in [7, 11) is 1.37. The quantitative estimate of drug-likeness (QED) is 0.749. The number of ether oxygens (including phenoxy) is 1. The van der Waals surface area contributed by atoms with Gasteiger partial charge >= 0.3 is 5.97 Å². The molecule has 2 atom stereocenters. The highest BCUT2D eigenvalue weighted by Crippen LogP contribution is 2.29. The van der Waals surface area contributed by atoms with Crippen LogP contribution in [0.3, 0.4) is 0 Å². The molecule has 0 saturated carbocycles. The monoisotopic (exact) mass is 303 g/mol. The van der Waals surface area contributed by atoms with Crippen molar-refractivity contribution in [3.8, 4) is 0 Å². The molecular weight excluding hydrogens is 285 g/mol. The topological polar surface area (TPSA) is 46.6 Å². The van der Waals surface area contributed by atoms with Gasteiger partial charge in [-0.1, -0.05) is 18.6 Å². The lowest BCUT2D eigenvalue weighted by atomic mass is 10.0. The number of rotatable bonds is 1. The lowest BCUT2D eigenvalue weighted by molar-refractivity contribution is -0.145. The molecule has 2 aliphatic heterocycles. The van der Waals surface area contributed by atoms with Gasteiger partial charge in [-0.15, -0.1) is 0 Å². The molecule has 2 aliphatic rings. The predicted octanol–water partition coefficient (Wildman–Crippen LogP) is 2.64. The molecule has 1 fully saturated rings. The van der Waals surface area contributed by atoms with E-state index in [1.807, 2.05) is 6.08 Å². The Kier molecular flexibility index (Phi) is 3.96. The van der Waals surface area contributed by atoms with Gasteiger partial charge in [-0.2, -0.15) is 0 Å². The van der Waals surface area contributed by atoms with Crippen LogP contribution >= 0.6 is 0 Å². The van der Waals surface area contributed by atoms with Gasteiger partial charge in [-0.3, -0.25) is 9.59 Å². The van der Waals surface area contributed by atoms with Crippen LogP contribution in [0.1, 0.15) is 35.2 Å². The molecule has 0 radical (unpaired) electrons. The van der Waals surface area contributed by atoms with Gasteiger partial charge in [-0.25, -0.2) is 4.39 Å². The summed E-state index contributed by atoms with van der Waals surface area (Å²) < 4.78 is 18.2. The number of carbonyl (C=O) groups is 2. The summed E-state index contributed by atoms with van der Waals surface area (Å²) >= 11 is 0. The number of methoxy groups -OCH3 is 1. The van der Waals surface area contributed by atoms with Gasteiger partial charge in [0.15, 0.2) is 0 Å². The molecule has 3 rings (SSSR count). The molecule has 1 aromatic rings. The summed E-state index contributed by atoms with van der Waals surface area (Å²) in [6, 6.07) is 4.11. The van der Waals surface area contributed by atoms with Crippen molar-refractivity contribution >= 4 is 18.0 Å². The SMILES string of the molecule is COC(=O)C1CCC[C@H]2C=Cc3cc(F)ccc3C(=O)N2C1. The zero-order valence-corrected chi connectivity index (χ0v) is 12.4. The largest absolute Gasteiger partial charge is 0.469 e. The molecule has 116 valence electrons. The molecule has 1 aromatic carbocycles. The van der Waals surface area contributed by atoms with Crippen LogP contribution in [0.5, 0.6) is 0 Å². The number of benzene rings is 1. The van der Waals surface area contributed by atoms with Gasteiger partial charge in [-0.05, 0) is 36.6 Å². The minimum absolute atomic E-state index is 0.0578. The van der Waals surface area contributed by atoms with Crippen molar-refractivity contribution in [2.75, 3.05) is 13.7 Å². The van der Waals surface area contributed by atoms with E-state index in [1.165, 1.54) is 25.3 Å². The van der Waals surface area contributed by atoms with E-state index in [9.17, 15) is 14.0 Å². The minimum Gasteiger partial charge on any atom is -0.469 e. The second-order valence-electron chi connectivity index (χ2n) is 5.77. The van der Waals surface area contributed by atoms with E-state index < -0.39 is 0 Å². The molecule has 0 aromatic heterocycles. The van der Waals surface area contributed by atoms with Crippen LogP contribution in [-0.2, 0) is 9.53 Å². The van der Waals surface area contributed by atoms with Gasteiger partial charge in [0.2, 0.25) is 0 Å². The lowest BCUT2D eigenvalue weighted by Gasteiger charge is -2.28. The van der Waals surface area contributed by atoms with E-state index >= 15 is 0 Å². The molecular formula is C17H18FNO3. The highest BCUT2D eigenvalue weighted by atomic mass is 19.1. The Labute approximate surface area is 128 Å². The maximum absolute atomic E-state index is 13.4. The van der Waals surface area contributed by atoms with Crippen LogP contribution < -0.4 is 0 Å². The standard InChI is InChI=1S/C17H18FNO3/c1-22-17(21)12-3-2-4-14-7-5-11-9-13(18)6-8-15(11)16(20)19(14)10-12/h5-9,12,14H,2-4,10H2,1H3/t12?,14-/m0/s1. The first-order valence-electron chi connectivity index (χ1n) is 7.46. The number of carbonyl (C=O) groups excluding carboxylic acids is 2. The first kappa shape index (κ1) is 14.8. The smallest absolute Gasteiger partial charge is 0.310 e. The van der Waals surface area contributed by atoms with Crippen molar-refractivity contribution in [2.45, 2.75) is 25.3 Å². The molecule has 22 heavy (non-hydrogen) atoms. The van der Waals surface area contributed by atoms with E-state index in [1.54, 1.807) is 11.0 Å². The summed E-state index contributed by atoms with van der Waals surface area (Å²) in [6.07, 6.45) is 6.11. The fourth-order valence-electron chi connectivity index (χ4n) is 3.22. The van der Waals surface area contributed by atoms with Crippen LogP contribution in [0.4, 0.5) is 4.39 Å². The zero-order valence-electron chi connectivity index (χ0n) is 12.4. The number of halogens is 1. The fraction of sp³-hybridized carbons (Fsp3) is 0.412. The number of esters is 1. The second-order valence-corrected chi connectivity index (χ2v) is 5.77. The maximum atomic E-state index is 13.4. The third-order valence-electron chi connectivity index (χ3n) is 4.41. The summed E-state index contributed by atoms with van der Waals surface area (Å²) in [6.45, 7) is 0.345. The van der Waals surface area contributed by atoms with Crippen molar-refractivity contribution in [1.29, 1.82) is 0 Å². The summed E-state index contributed by atoms with van der Waals surface area (Å²) in [4.78, 5) is 26.4. The number of nitrogens with zero attached hydrogens (tertiary/aromatic N) is 1. The maximum Gasteiger partial charge on any atom is 0.310 e. The number of hydrogen-bond donors (Lipinski definition) is 0. The van der Waals surface area contributed by atoms with E-state index in [0.29, 0.717) is 17.7 Å². The molecule has 5 heteroatoms. The molecule has 4 nitrogen and oxygen atoms in total. The average Bonchev–Trinajstić information content (AvgIpc) is 2.79. The summed E-state index contributed by atoms with van der Waals surface area (Å²) in [5.74, 6) is -1.09. The van der Waals surface area contributed by atoms with Gasteiger partial charge in [0.05, 0.1) is 19.1 Å². The van der Waals surface area contributed by atoms with Crippen molar-refractivity contribution in [3.63, 3.8) is 0 Å². The number of fused-ring (bicyclic) bond motifs is 2. The fourth-order valence-corrected chi connectivity index (χ4v) is 3.22. The van der Waals surface area contributed by atoms with Crippen LogP contribution in [0.2, 0.25) is 0 Å².